The summed E-state index contributed by atoms with van der Waals surface area (Å²) in [6, 6.07) is 17.3. The minimum Gasteiger partial charge on any atom is -0.497 e. The molecule has 3 aromatic rings. The van der Waals surface area contributed by atoms with Crippen LogP contribution in [0.5, 0.6) is 5.75 Å². The minimum atomic E-state index is -3.65. The van der Waals surface area contributed by atoms with E-state index in [9.17, 15) is 13.2 Å². The number of nitrogens with one attached hydrogen (secondary N) is 1. The van der Waals surface area contributed by atoms with Gasteiger partial charge in [-0.05, 0) is 48.2 Å². The van der Waals surface area contributed by atoms with Gasteiger partial charge in [-0.2, -0.15) is 0 Å². The van der Waals surface area contributed by atoms with Crippen LogP contribution in [-0.4, -0.2) is 28.0 Å². The predicted molar refractivity (Wildman–Crippen MR) is 111 cm³/mol. The summed E-state index contributed by atoms with van der Waals surface area (Å²) in [6.45, 7) is 1.87. The number of benzene rings is 2. The number of hydrogen-bond donors (Lipinski definition) is 1. The average molecular weight is 416 g/mol. The van der Waals surface area contributed by atoms with Crippen molar-refractivity contribution in [2.75, 3.05) is 13.7 Å². The summed E-state index contributed by atoms with van der Waals surface area (Å²) in [7, 11) is -2.10. The number of hydrogen-bond acceptors (Lipinski definition) is 5. The molecule has 0 aliphatic carbocycles. The number of aryl methyl sites for hydroxylation is 1. The van der Waals surface area contributed by atoms with Crippen LogP contribution in [0.4, 0.5) is 0 Å². The van der Waals surface area contributed by atoms with Gasteiger partial charge in [-0.15, -0.1) is 11.3 Å². The molecule has 0 fully saturated rings. The van der Waals surface area contributed by atoms with Gasteiger partial charge in [0.05, 0.1) is 7.11 Å². The third-order valence-corrected chi connectivity index (χ3v) is 7.90. The normalized spacial score (nSPS) is 12.4. The SMILES string of the molecule is COc1ccc([C@@H](CNC(=O)c2cccc(C)c2)S(=O)(=O)c2cccs2)cc1. The molecule has 2 aromatic carbocycles. The van der Waals surface area contributed by atoms with Crippen LogP contribution in [0.25, 0.3) is 0 Å². The zero-order valence-electron chi connectivity index (χ0n) is 15.6. The number of carbonyl (C=O) groups is 1. The first kappa shape index (κ1) is 20.1. The molecule has 146 valence electrons. The number of ether oxygens (including phenoxy) is 1. The lowest BCUT2D eigenvalue weighted by Crippen LogP contribution is -2.31. The summed E-state index contributed by atoms with van der Waals surface area (Å²) < 4.78 is 31.8. The third-order valence-electron chi connectivity index (χ3n) is 4.37. The Kier molecular flexibility index (Phi) is 6.16. The van der Waals surface area contributed by atoms with E-state index in [0.29, 0.717) is 16.9 Å². The summed E-state index contributed by atoms with van der Waals surface area (Å²) in [6.07, 6.45) is 0. The van der Waals surface area contributed by atoms with Gasteiger partial charge in [-0.3, -0.25) is 4.79 Å². The van der Waals surface area contributed by atoms with Crippen molar-refractivity contribution in [3.05, 3.63) is 82.7 Å². The first-order chi connectivity index (χ1) is 13.4. The van der Waals surface area contributed by atoms with Gasteiger partial charge >= 0.3 is 0 Å². The van der Waals surface area contributed by atoms with Gasteiger partial charge in [-0.1, -0.05) is 35.9 Å². The maximum Gasteiger partial charge on any atom is 0.251 e. The van der Waals surface area contributed by atoms with Gasteiger partial charge in [-0.25, -0.2) is 8.42 Å². The van der Waals surface area contributed by atoms with E-state index >= 15 is 0 Å². The fourth-order valence-corrected chi connectivity index (χ4v) is 5.73. The summed E-state index contributed by atoms with van der Waals surface area (Å²) in [5.41, 5.74) is 2.06. The highest BCUT2D eigenvalue weighted by molar-refractivity contribution is 7.93. The van der Waals surface area contributed by atoms with Gasteiger partial charge in [0, 0.05) is 12.1 Å². The van der Waals surface area contributed by atoms with Crippen LogP contribution in [0.2, 0.25) is 0 Å². The lowest BCUT2D eigenvalue weighted by Gasteiger charge is -2.18. The molecule has 28 heavy (non-hydrogen) atoms. The highest BCUT2D eigenvalue weighted by atomic mass is 32.2. The van der Waals surface area contributed by atoms with E-state index < -0.39 is 15.1 Å². The second kappa shape index (κ2) is 8.58. The summed E-state index contributed by atoms with van der Waals surface area (Å²) in [5, 5.41) is 3.60. The first-order valence-electron chi connectivity index (χ1n) is 8.68. The molecule has 5 nitrogen and oxygen atoms in total. The lowest BCUT2D eigenvalue weighted by atomic mass is 10.1. The van der Waals surface area contributed by atoms with Crippen LogP contribution in [0, 0.1) is 6.92 Å². The van der Waals surface area contributed by atoms with E-state index in [-0.39, 0.29) is 16.7 Å². The number of amides is 1. The molecule has 0 bridgehead atoms. The third kappa shape index (κ3) is 4.43. The van der Waals surface area contributed by atoms with Crippen molar-refractivity contribution in [2.24, 2.45) is 0 Å². The van der Waals surface area contributed by atoms with Crippen LogP contribution >= 0.6 is 11.3 Å². The van der Waals surface area contributed by atoms with Crippen molar-refractivity contribution >= 4 is 27.1 Å². The largest absolute Gasteiger partial charge is 0.497 e. The van der Waals surface area contributed by atoms with Crippen LogP contribution in [-0.2, 0) is 9.84 Å². The molecule has 0 aliphatic heterocycles. The van der Waals surface area contributed by atoms with E-state index in [2.05, 4.69) is 5.32 Å². The molecular weight excluding hydrogens is 394 g/mol. The Labute approximate surface area is 168 Å². The van der Waals surface area contributed by atoms with Crippen LogP contribution < -0.4 is 10.1 Å². The molecule has 0 saturated carbocycles. The molecule has 1 N–H and O–H groups in total. The van der Waals surface area contributed by atoms with E-state index in [1.165, 1.54) is 11.3 Å². The highest BCUT2D eigenvalue weighted by Gasteiger charge is 2.30. The Morgan fingerprint density at radius 3 is 2.46 bits per heavy atom. The summed E-state index contributed by atoms with van der Waals surface area (Å²) in [4.78, 5) is 12.5. The van der Waals surface area contributed by atoms with Crippen molar-refractivity contribution < 1.29 is 17.9 Å². The molecule has 1 atom stereocenters. The molecular formula is C21H21NO4S2. The quantitative estimate of drug-likeness (QED) is 0.633. The summed E-state index contributed by atoms with van der Waals surface area (Å²) >= 11 is 1.17. The van der Waals surface area contributed by atoms with Crippen molar-refractivity contribution in [3.8, 4) is 5.75 Å². The Balaban J connectivity index is 1.89. The fraction of sp³-hybridized carbons (Fsp3) is 0.190. The van der Waals surface area contributed by atoms with Gasteiger partial charge in [0.1, 0.15) is 15.2 Å². The van der Waals surface area contributed by atoms with Crippen molar-refractivity contribution in [1.29, 1.82) is 0 Å². The second-order valence-corrected chi connectivity index (χ2v) is 9.62. The Hall–Kier alpha value is -2.64. The van der Waals surface area contributed by atoms with Gasteiger partial charge in [0.2, 0.25) is 0 Å². The van der Waals surface area contributed by atoms with E-state index in [1.54, 1.807) is 67.1 Å². The number of rotatable bonds is 7. The molecule has 0 spiro atoms. The van der Waals surface area contributed by atoms with Gasteiger partial charge < -0.3 is 10.1 Å². The van der Waals surface area contributed by atoms with Crippen molar-refractivity contribution in [1.82, 2.24) is 5.32 Å². The Morgan fingerprint density at radius 1 is 1.11 bits per heavy atom. The molecule has 0 radical (unpaired) electrons. The van der Waals surface area contributed by atoms with Gasteiger partial charge in [0.15, 0.2) is 9.84 Å². The fourth-order valence-electron chi connectivity index (χ4n) is 2.86. The van der Waals surface area contributed by atoms with Crippen molar-refractivity contribution in [3.63, 3.8) is 0 Å². The standard InChI is InChI=1S/C21H21NO4S2/c1-15-5-3-6-17(13-15)21(23)22-14-19(16-8-10-18(26-2)11-9-16)28(24,25)20-7-4-12-27-20/h3-13,19H,14H2,1-2H3,(H,22,23)/t19-/m1/s1. The van der Waals surface area contributed by atoms with Crippen molar-refractivity contribution in [2.45, 2.75) is 16.4 Å². The van der Waals surface area contributed by atoms with Crippen LogP contribution in [0.3, 0.4) is 0 Å². The second-order valence-electron chi connectivity index (χ2n) is 6.32. The number of thiophene rings is 1. The average Bonchev–Trinajstić information content (AvgIpc) is 3.24. The zero-order valence-corrected chi connectivity index (χ0v) is 17.2. The van der Waals surface area contributed by atoms with Crippen LogP contribution in [0.15, 0.2) is 70.3 Å². The molecule has 3 rings (SSSR count). The topological polar surface area (TPSA) is 72.5 Å². The number of sulfone groups is 1. The van der Waals surface area contributed by atoms with Crippen LogP contribution in [0.1, 0.15) is 26.7 Å². The van der Waals surface area contributed by atoms with E-state index in [4.69, 9.17) is 4.74 Å². The molecule has 1 heterocycles. The highest BCUT2D eigenvalue weighted by Crippen LogP contribution is 2.32. The number of carbonyl (C=O) groups excluding carboxylic acids is 1. The first-order valence-corrected chi connectivity index (χ1v) is 11.1. The van der Waals surface area contributed by atoms with E-state index in [0.717, 1.165) is 5.56 Å². The van der Waals surface area contributed by atoms with Gasteiger partial charge in [0.25, 0.3) is 5.91 Å². The minimum absolute atomic E-state index is 0.0284. The zero-order chi connectivity index (χ0) is 20.1. The number of methoxy groups -OCH3 is 1. The maximum absolute atomic E-state index is 13.2. The Morgan fingerprint density at radius 2 is 1.86 bits per heavy atom. The molecule has 0 aliphatic rings. The maximum atomic E-state index is 13.2. The molecule has 1 amide bonds. The predicted octanol–water partition coefficient (Wildman–Crippen LogP) is 4.01. The smallest absolute Gasteiger partial charge is 0.251 e. The molecule has 1 aromatic heterocycles. The monoisotopic (exact) mass is 415 g/mol. The molecule has 0 saturated heterocycles. The van der Waals surface area contributed by atoms with E-state index in [1.807, 2.05) is 13.0 Å². The lowest BCUT2D eigenvalue weighted by molar-refractivity contribution is 0.0953. The molecule has 0 unspecified atom stereocenters. The molecule has 7 heteroatoms. The Bertz CT molecular complexity index is 1040. The summed E-state index contributed by atoms with van der Waals surface area (Å²) in [5.74, 6) is 0.336.